The molecule has 0 N–H and O–H groups in total. The van der Waals surface area contributed by atoms with E-state index in [1.807, 2.05) is 12.1 Å². The smallest absolute Gasteiger partial charge is 0.0445 e. The maximum absolute atomic E-state index is 4.77. The Morgan fingerprint density at radius 3 is 2.77 bits per heavy atom. The van der Waals surface area contributed by atoms with Crippen LogP contribution in [0, 0.1) is 0 Å². The van der Waals surface area contributed by atoms with Crippen LogP contribution in [0.5, 0.6) is 0 Å². The van der Waals surface area contributed by atoms with E-state index >= 15 is 0 Å². The molecule has 1 fully saturated rings. The lowest BCUT2D eigenvalue weighted by Crippen LogP contribution is -2.13. The highest BCUT2D eigenvalue weighted by Gasteiger charge is 2.21. The second-order valence-corrected chi connectivity index (χ2v) is 9.43. The van der Waals surface area contributed by atoms with Gasteiger partial charge in [-0.25, -0.2) is 4.31 Å². The zero-order valence-corrected chi connectivity index (χ0v) is 20.0. The molecule has 0 bridgehead atoms. The Labute approximate surface area is 188 Å². The molecule has 3 rings (SSSR count). The number of fused-ring (bicyclic) bond motifs is 1. The first-order chi connectivity index (χ1) is 14.7. The monoisotopic (exact) mass is 425 g/mol. The van der Waals surface area contributed by atoms with Gasteiger partial charge in [0.15, 0.2) is 0 Å². The van der Waals surface area contributed by atoms with Crippen molar-refractivity contribution in [2.24, 2.45) is 4.99 Å². The van der Waals surface area contributed by atoms with E-state index in [-0.39, 0.29) is 0 Å². The van der Waals surface area contributed by atoms with Gasteiger partial charge in [-0.15, -0.1) is 0 Å². The second kappa shape index (κ2) is 12.4. The third kappa shape index (κ3) is 6.49. The molecule has 1 aliphatic carbocycles. The van der Waals surface area contributed by atoms with Crippen LogP contribution in [0.25, 0.3) is 0 Å². The van der Waals surface area contributed by atoms with Crippen molar-refractivity contribution >= 4 is 17.8 Å². The number of hydrogen-bond acceptors (Lipinski definition) is 4. The highest BCUT2D eigenvalue weighted by atomic mass is 32.2. The molecule has 2 aliphatic rings. The van der Waals surface area contributed by atoms with Crippen molar-refractivity contribution in [2.75, 3.05) is 26.2 Å². The average molecular weight is 426 g/mol. The third-order valence-electron chi connectivity index (χ3n) is 5.95. The molecule has 1 saturated heterocycles. The van der Waals surface area contributed by atoms with E-state index in [4.69, 9.17) is 4.99 Å². The van der Waals surface area contributed by atoms with Gasteiger partial charge in [0.05, 0.1) is 0 Å². The third-order valence-corrected chi connectivity index (χ3v) is 7.14. The molecule has 0 spiro atoms. The van der Waals surface area contributed by atoms with Crippen LogP contribution in [0.4, 0.5) is 0 Å². The molecule has 0 radical (unpaired) electrons. The first kappa shape index (κ1) is 23.1. The number of hydrogen-bond donors (Lipinski definition) is 0. The number of aryl methyl sites for hydroxylation is 2. The van der Waals surface area contributed by atoms with Crippen molar-refractivity contribution in [3.63, 3.8) is 0 Å². The summed E-state index contributed by atoms with van der Waals surface area (Å²) in [6.07, 6.45) is 16.5. The molecule has 1 aromatic rings. The minimum atomic E-state index is 0.969. The number of unbranched alkanes of at least 4 members (excludes halogenated alkanes) is 3. The largest absolute Gasteiger partial charge is 0.302 e. The standard InChI is InChI=1S/C26H39N3S/c1-4-11-24(6-3)29-20-19-28(30-29)18-10-8-7-9-12-22-13-15-25-23(21-22)14-16-26(25)27-17-5-2/h4,6,11,13,15,21H,5,7-10,12,14,16-20H2,1-3H3/b11-4-,24-6+,27-26?. The molecule has 4 heteroatoms. The van der Waals surface area contributed by atoms with E-state index in [1.165, 1.54) is 73.2 Å². The van der Waals surface area contributed by atoms with Crippen LogP contribution >= 0.6 is 12.1 Å². The summed E-state index contributed by atoms with van der Waals surface area (Å²) >= 11 is 1.90. The van der Waals surface area contributed by atoms with Gasteiger partial charge in [0, 0.05) is 49.7 Å². The van der Waals surface area contributed by atoms with Gasteiger partial charge in [-0.2, -0.15) is 0 Å². The van der Waals surface area contributed by atoms with Crippen LogP contribution in [-0.4, -0.2) is 40.5 Å². The quantitative estimate of drug-likeness (QED) is 0.226. The van der Waals surface area contributed by atoms with E-state index in [1.54, 1.807) is 0 Å². The molecule has 1 aliphatic heterocycles. The van der Waals surface area contributed by atoms with E-state index in [9.17, 15) is 0 Å². The Morgan fingerprint density at radius 1 is 1.10 bits per heavy atom. The summed E-state index contributed by atoms with van der Waals surface area (Å²) in [4.78, 5) is 4.77. The molecule has 1 heterocycles. The Bertz CT molecular complexity index is 766. The molecule has 0 unspecified atom stereocenters. The van der Waals surface area contributed by atoms with Crippen LogP contribution in [0.2, 0.25) is 0 Å². The minimum Gasteiger partial charge on any atom is -0.302 e. The molecule has 164 valence electrons. The van der Waals surface area contributed by atoms with Gasteiger partial charge in [0.25, 0.3) is 0 Å². The van der Waals surface area contributed by atoms with E-state index in [0.29, 0.717) is 0 Å². The average Bonchev–Trinajstić information content (AvgIpc) is 3.39. The van der Waals surface area contributed by atoms with Gasteiger partial charge in [-0.1, -0.05) is 50.1 Å². The molecule has 30 heavy (non-hydrogen) atoms. The molecule has 1 aromatic carbocycles. The molecule has 0 amide bonds. The Hall–Kier alpha value is -1.52. The normalized spacial score (nSPS) is 18.8. The van der Waals surface area contributed by atoms with Crippen molar-refractivity contribution < 1.29 is 0 Å². The number of rotatable bonds is 11. The number of benzene rings is 1. The first-order valence-corrected chi connectivity index (χ1v) is 12.6. The van der Waals surface area contributed by atoms with Crippen molar-refractivity contribution in [3.8, 4) is 0 Å². The lowest BCUT2D eigenvalue weighted by atomic mass is 10.0. The van der Waals surface area contributed by atoms with Crippen molar-refractivity contribution in [3.05, 3.63) is 58.8 Å². The predicted octanol–water partition coefficient (Wildman–Crippen LogP) is 6.60. The predicted molar refractivity (Wildman–Crippen MR) is 133 cm³/mol. The van der Waals surface area contributed by atoms with Crippen molar-refractivity contribution in [1.82, 2.24) is 8.61 Å². The number of nitrogens with zero attached hydrogens (tertiary/aromatic N) is 3. The number of aliphatic imine (C=N–C) groups is 1. The Kier molecular flexibility index (Phi) is 9.54. The van der Waals surface area contributed by atoms with Crippen molar-refractivity contribution in [1.29, 1.82) is 0 Å². The van der Waals surface area contributed by atoms with E-state index < -0.39 is 0 Å². The lowest BCUT2D eigenvalue weighted by molar-refractivity contribution is 0.464. The summed E-state index contributed by atoms with van der Waals surface area (Å²) in [6.45, 7) is 10.9. The zero-order chi connectivity index (χ0) is 21.2. The SMILES string of the molecule is C/C=C\C(=C/C)N1CCN(CCCCCCc2ccc3c(c2)CCC3=NCCC)S1. The summed E-state index contributed by atoms with van der Waals surface area (Å²) in [5.74, 6) is 0. The van der Waals surface area contributed by atoms with E-state index in [2.05, 4.69) is 65.8 Å². The molecular formula is C26H39N3S. The molecule has 3 nitrogen and oxygen atoms in total. The van der Waals surface area contributed by atoms with E-state index in [0.717, 1.165) is 32.5 Å². The fraction of sp³-hybridized carbons (Fsp3) is 0.577. The summed E-state index contributed by atoms with van der Waals surface area (Å²) < 4.78 is 4.93. The highest BCUT2D eigenvalue weighted by Crippen LogP contribution is 2.29. The van der Waals surface area contributed by atoms with Crippen LogP contribution in [0.3, 0.4) is 0 Å². The van der Waals surface area contributed by atoms with Crippen LogP contribution < -0.4 is 0 Å². The summed E-state index contributed by atoms with van der Waals surface area (Å²) in [6, 6.07) is 7.11. The topological polar surface area (TPSA) is 18.8 Å². The highest BCUT2D eigenvalue weighted by molar-refractivity contribution is 7.95. The zero-order valence-electron chi connectivity index (χ0n) is 19.2. The maximum atomic E-state index is 4.77. The van der Waals surface area contributed by atoms with Crippen LogP contribution in [-0.2, 0) is 12.8 Å². The lowest BCUT2D eigenvalue weighted by Gasteiger charge is -2.18. The molecule has 0 atom stereocenters. The fourth-order valence-corrected chi connectivity index (χ4v) is 5.38. The summed E-state index contributed by atoms with van der Waals surface area (Å²) in [7, 11) is 0. The minimum absolute atomic E-state index is 0.969. The maximum Gasteiger partial charge on any atom is 0.0445 e. The molecule has 0 aromatic heterocycles. The Balaban J connectivity index is 1.32. The number of allylic oxidation sites excluding steroid dienone is 3. The van der Waals surface area contributed by atoms with Gasteiger partial charge < -0.3 is 4.31 Å². The summed E-state index contributed by atoms with van der Waals surface area (Å²) in [5, 5.41) is 0. The second-order valence-electron chi connectivity index (χ2n) is 8.31. The Morgan fingerprint density at radius 2 is 1.97 bits per heavy atom. The molecule has 0 saturated carbocycles. The van der Waals surface area contributed by atoms with Crippen LogP contribution in [0.1, 0.15) is 76.0 Å². The van der Waals surface area contributed by atoms with Gasteiger partial charge in [0.2, 0.25) is 0 Å². The molecular weight excluding hydrogens is 386 g/mol. The van der Waals surface area contributed by atoms with Gasteiger partial charge in [-0.05, 0) is 75.1 Å². The van der Waals surface area contributed by atoms with Crippen molar-refractivity contribution in [2.45, 2.75) is 72.1 Å². The van der Waals surface area contributed by atoms with Gasteiger partial charge in [-0.3, -0.25) is 4.99 Å². The van der Waals surface area contributed by atoms with Crippen LogP contribution in [0.15, 0.2) is 47.1 Å². The van der Waals surface area contributed by atoms with Gasteiger partial charge >= 0.3 is 0 Å². The first-order valence-electron chi connectivity index (χ1n) is 11.9. The fourth-order valence-electron chi connectivity index (χ4n) is 4.31. The van der Waals surface area contributed by atoms with Gasteiger partial charge in [0.1, 0.15) is 0 Å². The summed E-state index contributed by atoms with van der Waals surface area (Å²) in [5.41, 5.74) is 7.11.